The van der Waals surface area contributed by atoms with Gasteiger partial charge in [-0.05, 0) is 66.1 Å². The number of aromatic nitrogens is 2. The number of carbonyl (C=O) groups is 2. The molecule has 5 N–H and O–H groups in total. The first-order chi connectivity index (χ1) is 18.9. The smallest absolute Gasteiger partial charge is 0.335 e. The van der Waals surface area contributed by atoms with Crippen LogP contribution in [0.1, 0.15) is 22.3 Å². The number of sulfonamides is 1. The van der Waals surface area contributed by atoms with E-state index in [4.69, 9.17) is 10.8 Å². The zero-order valence-corrected chi connectivity index (χ0v) is 21.1. The molecule has 1 aliphatic rings. The lowest BCUT2D eigenvalue weighted by atomic mass is 9.96. The largest absolute Gasteiger partial charge is 0.478 e. The summed E-state index contributed by atoms with van der Waals surface area (Å²) in [5.41, 5.74) is 6.96. The molecule has 1 unspecified atom stereocenters. The first kappa shape index (κ1) is 26.6. The van der Waals surface area contributed by atoms with Gasteiger partial charge < -0.3 is 16.2 Å². The van der Waals surface area contributed by atoms with Gasteiger partial charge in [0.05, 0.1) is 22.2 Å². The molecule has 14 heteroatoms. The van der Waals surface area contributed by atoms with Crippen molar-refractivity contribution in [1.82, 2.24) is 19.6 Å². The molecule has 4 aromatic rings. The highest BCUT2D eigenvalue weighted by atomic mass is 32.2. The summed E-state index contributed by atoms with van der Waals surface area (Å²) < 4.78 is 56.1. The van der Waals surface area contributed by atoms with E-state index in [1.807, 2.05) is 0 Å². The molecule has 1 aliphatic heterocycles. The van der Waals surface area contributed by atoms with Crippen LogP contribution in [0.15, 0.2) is 76.6 Å². The van der Waals surface area contributed by atoms with Crippen LogP contribution in [-0.2, 0) is 14.8 Å². The molecule has 0 spiro atoms. The summed E-state index contributed by atoms with van der Waals surface area (Å²) >= 11 is 0. The quantitative estimate of drug-likeness (QED) is 0.274. The molecule has 1 atom stereocenters. The number of fused-ring (bicyclic) bond motifs is 1. The molecular formula is C26H19F2N5O6S. The Kier molecular flexibility index (Phi) is 6.65. The molecule has 3 aromatic carbocycles. The highest BCUT2D eigenvalue weighted by Crippen LogP contribution is 2.26. The van der Waals surface area contributed by atoms with E-state index in [1.54, 1.807) is 6.07 Å². The van der Waals surface area contributed by atoms with Gasteiger partial charge in [-0.15, -0.1) is 0 Å². The number of carboxylic acid groups (broad SMARTS) is 1. The summed E-state index contributed by atoms with van der Waals surface area (Å²) in [6, 6.07) is 10.7. The summed E-state index contributed by atoms with van der Waals surface area (Å²) in [5.74, 6) is -4.22. The number of anilines is 1. The van der Waals surface area contributed by atoms with Gasteiger partial charge in [0.2, 0.25) is 21.9 Å². The third-order valence-corrected chi connectivity index (χ3v) is 7.75. The van der Waals surface area contributed by atoms with E-state index in [2.05, 4.69) is 15.0 Å². The van der Waals surface area contributed by atoms with Crippen molar-refractivity contribution in [2.45, 2.75) is 17.4 Å². The summed E-state index contributed by atoms with van der Waals surface area (Å²) in [6.07, 6.45) is 1.22. The van der Waals surface area contributed by atoms with Crippen LogP contribution in [0.25, 0.3) is 22.2 Å². The molecule has 0 fully saturated rings. The fourth-order valence-corrected chi connectivity index (χ4v) is 5.53. The number of aromatic carboxylic acids is 1. The van der Waals surface area contributed by atoms with Gasteiger partial charge in [0.1, 0.15) is 22.6 Å². The maximum atomic E-state index is 14.1. The van der Waals surface area contributed by atoms with E-state index < -0.39 is 50.0 Å². The number of halogens is 2. The number of nitrogens with zero attached hydrogens (tertiary/aromatic N) is 2. The van der Waals surface area contributed by atoms with E-state index in [1.165, 1.54) is 42.6 Å². The van der Waals surface area contributed by atoms with Crippen molar-refractivity contribution in [2.75, 3.05) is 5.73 Å². The van der Waals surface area contributed by atoms with Crippen molar-refractivity contribution in [3.05, 3.63) is 100.0 Å². The Labute approximate surface area is 224 Å². The first-order valence-electron chi connectivity index (χ1n) is 11.6. The highest BCUT2D eigenvalue weighted by molar-refractivity contribution is 7.89. The zero-order chi connectivity index (χ0) is 28.8. The topological polar surface area (TPSA) is 173 Å². The van der Waals surface area contributed by atoms with Gasteiger partial charge in [0, 0.05) is 12.3 Å². The van der Waals surface area contributed by atoms with Gasteiger partial charge in [0.15, 0.2) is 0 Å². The van der Waals surface area contributed by atoms with Gasteiger partial charge in [-0.1, -0.05) is 6.07 Å². The lowest BCUT2D eigenvalue weighted by molar-refractivity contribution is -0.121. The Morgan fingerprint density at radius 2 is 1.80 bits per heavy atom. The number of nitrogen functional groups attached to an aromatic ring is 1. The number of carbonyl (C=O) groups excluding carboxylic acids is 1. The maximum Gasteiger partial charge on any atom is 0.335 e. The molecule has 0 saturated carbocycles. The fraction of sp³-hybridized carbons (Fsp3) is 0.0769. The summed E-state index contributed by atoms with van der Waals surface area (Å²) in [7, 11) is -4.53. The van der Waals surface area contributed by atoms with Crippen LogP contribution in [0, 0.1) is 11.6 Å². The lowest BCUT2D eigenvalue weighted by Crippen LogP contribution is -2.47. The number of amides is 1. The van der Waals surface area contributed by atoms with E-state index in [-0.39, 0.29) is 28.8 Å². The first-order valence-corrected chi connectivity index (χ1v) is 13.1. The number of carboxylic acids is 1. The van der Waals surface area contributed by atoms with Crippen molar-refractivity contribution < 1.29 is 31.9 Å². The minimum Gasteiger partial charge on any atom is -0.478 e. The van der Waals surface area contributed by atoms with Crippen LogP contribution in [0.5, 0.6) is 0 Å². The molecule has 0 saturated heterocycles. The Morgan fingerprint density at radius 1 is 1.07 bits per heavy atom. The van der Waals surface area contributed by atoms with E-state index in [0.29, 0.717) is 22.9 Å². The minimum absolute atomic E-state index is 0.0185. The number of hydrogen-bond acceptors (Lipinski definition) is 7. The van der Waals surface area contributed by atoms with Gasteiger partial charge >= 0.3 is 5.97 Å². The van der Waals surface area contributed by atoms with E-state index in [0.717, 1.165) is 16.7 Å². The number of nitrogens with one attached hydrogen (secondary N) is 2. The van der Waals surface area contributed by atoms with E-state index in [9.17, 15) is 31.6 Å². The summed E-state index contributed by atoms with van der Waals surface area (Å²) in [5, 5.41) is 11.7. The van der Waals surface area contributed by atoms with Crippen molar-refractivity contribution in [3.63, 3.8) is 0 Å². The van der Waals surface area contributed by atoms with Crippen molar-refractivity contribution in [1.29, 1.82) is 0 Å². The fourth-order valence-electron chi connectivity index (χ4n) is 4.28. The molecule has 2 heterocycles. The Balaban J connectivity index is 1.48. The molecule has 0 radical (unpaired) electrons. The van der Waals surface area contributed by atoms with Crippen molar-refractivity contribution >= 4 is 44.3 Å². The Hall–Kier alpha value is -4.95. The number of hydrogen-bond donors (Lipinski definition) is 4. The Morgan fingerprint density at radius 3 is 2.48 bits per heavy atom. The van der Waals surface area contributed by atoms with Crippen LogP contribution in [-0.4, -0.2) is 41.0 Å². The molecule has 5 rings (SSSR count). The predicted octanol–water partition coefficient (Wildman–Crippen LogP) is 2.15. The standard InChI is InChI=1S/C26H19F2N5O6S/c27-16-4-8-22(19(28)11-16)40(38,39)32-21-10-15(12-30-23(21)34)14-3-7-20-18(9-14)24(35)33(26(29)31-20)17-5-1-13(2-6-17)25(36)37/h1-9,11-12,21,32H,10H2,(H2,29,31)(H,30,34)(H,36,37). The van der Waals surface area contributed by atoms with Crippen LogP contribution in [0.3, 0.4) is 0 Å². The van der Waals surface area contributed by atoms with Crippen LogP contribution >= 0.6 is 0 Å². The van der Waals surface area contributed by atoms with Gasteiger partial charge in [0.25, 0.3) is 5.56 Å². The van der Waals surface area contributed by atoms with Gasteiger partial charge in [-0.2, -0.15) is 4.72 Å². The molecule has 204 valence electrons. The number of benzene rings is 3. The second-order valence-electron chi connectivity index (χ2n) is 8.83. The second kappa shape index (κ2) is 9.98. The molecule has 11 nitrogen and oxygen atoms in total. The summed E-state index contributed by atoms with van der Waals surface area (Å²) in [6.45, 7) is 0. The molecule has 0 aliphatic carbocycles. The molecule has 1 amide bonds. The zero-order valence-electron chi connectivity index (χ0n) is 20.3. The van der Waals surface area contributed by atoms with Crippen molar-refractivity contribution in [3.8, 4) is 5.69 Å². The predicted molar refractivity (Wildman–Crippen MR) is 140 cm³/mol. The average molecular weight is 568 g/mol. The molecule has 0 bridgehead atoms. The lowest BCUT2D eigenvalue weighted by Gasteiger charge is -2.24. The Bertz CT molecular complexity index is 1910. The van der Waals surface area contributed by atoms with Crippen molar-refractivity contribution in [2.24, 2.45) is 0 Å². The number of nitrogens with two attached hydrogens (primary N) is 1. The molecular weight excluding hydrogens is 548 g/mol. The van der Waals surface area contributed by atoms with Crippen LogP contribution < -0.4 is 21.3 Å². The SMILES string of the molecule is Nc1nc2ccc(C3=CNC(=O)C(NS(=O)(=O)c4ccc(F)cc4F)C3)cc2c(=O)n1-c1ccc(C(=O)O)cc1. The minimum atomic E-state index is -4.53. The highest BCUT2D eigenvalue weighted by Gasteiger charge is 2.31. The number of rotatable bonds is 6. The third-order valence-electron chi connectivity index (χ3n) is 6.25. The van der Waals surface area contributed by atoms with Gasteiger partial charge in [-0.3, -0.25) is 9.59 Å². The maximum absolute atomic E-state index is 14.1. The third kappa shape index (κ3) is 4.92. The molecule has 40 heavy (non-hydrogen) atoms. The normalized spacial score (nSPS) is 15.5. The summed E-state index contributed by atoms with van der Waals surface area (Å²) in [4.78, 5) is 40.4. The van der Waals surface area contributed by atoms with E-state index >= 15 is 0 Å². The molecule has 1 aromatic heterocycles. The van der Waals surface area contributed by atoms with Crippen LogP contribution in [0.2, 0.25) is 0 Å². The average Bonchev–Trinajstić information content (AvgIpc) is 2.90. The monoisotopic (exact) mass is 567 g/mol. The second-order valence-corrected chi connectivity index (χ2v) is 10.5. The van der Waals surface area contributed by atoms with Crippen LogP contribution in [0.4, 0.5) is 14.7 Å². The van der Waals surface area contributed by atoms with Gasteiger partial charge in [-0.25, -0.2) is 31.5 Å².